The van der Waals surface area contributed by atoms with Gasteiger partial charge in [-0.1, -0.05) is 6.07 Å². The molecular weight excluding hydrogens is 316 g/mol. The van der Waals surface area contributed by atoms with Crippen molar-refractivity contribution < 1.29 is 4.74 Å². The van der Waals surface area contributed by atoms with Crippen molar-refractivity contribution in [1.82, 2.24) is 24.5 Å². The lowest BCUT2D eigenvalue weighted by atomic mass is 10.1. The molecule has 25 heavy (non-hydrogen) atoms. The second-order valence-electron chi connectivity index (χ2n) is 6.17. The standard InChI is InChI=1S/C18H20N6O/c1-3-15(9-19-4-1)13-25-14-16-10-23-8-7-20-17(23)12-24(11-16)18-21-5-2-6-22-18/h1-9,16H,10-14H2. The molecule has 0 N–H and O–H groups in total. The molecule has 4 heterocycles. The van der Waals surface area contributed by atoms with Crippen molar-refractivity contribution in [2.24, 2.45) is 5.92 Å². The lowest BCUT2D eigenvalue weighted by molar-refractivity contribution is 0.0839. The number of ether oxygens (including phenoxy) is 1. The third kappa shape index (κ3) is 3.83. The van der Waals surface area contributed by atoms with Crippen LogP contribution in [0.15, 0.2) is 55.4 Å². The Labute approximate surface area is 146 Å². The van der Waals surface area contributed by atoms with E-state index in [0.717, 1.165) is 30.4 Å². The summed E-state index contributed by atoms with van der Waals surface area (Å²) in [6.45, 7) is 3.65. The van der Waals surface area contributed by atoms with E-state index < -0.39 is 0 Å². The minimum Gasteiger partial charge on any atom is -0.376 e. The molecule has 0 amide bonds. The first-order valence-corrected chi connectivity index (χ1v) is 8.37. The number of rotatable bonds is 5. The Kier molecular flexibility index (Phi) is 4.65. The summed E-state index contributed by atoms with van der Waals surface area (Å²) >= 11 is 0. The third-order valence-electron chi connectivity index (χ3n) is 4.25. The number of fused-ring (bicyclic) bond motifs is 1. The zero-order valence-electron chi connectivity index (χ0n) is 13.9. The number of aromatic nitrogens is 5. The van der Waals surface area contributed by atoms with Crippen LogP contribution in [0.2, 0.25) is 0 Å². The molecule has 4 rings (SSSR count). The molecule has 3 aromatic rings. The van der Waals surface area contributed by atoms with Crippen molar-refractivity contribution in [1.29, 1.82) is 0 Å². The molecule has 3 aromatic heterocycles. The molecular formula is C18H20N6O. The van der Waals surface area contributed by atoms with Crippen LogP contribution in [0.3, 0.4) is 0 Å². The molecule has 0 aromatic carbocycles. The molecule has 0 radical (unpaired) electrons. The molecule has 0 fully saturated rings. The summed E-state index contributed by atoms with van der Waals surface area (Å²) in [5, 5.41) is 0. The molecule has 0 saturated heterocycles. The molecule has 0 aliphatic carbocycles. The van der Waals surface area contributed by atoms with Gasteiger partial charge < -0.3 is 14.2 Å². The maximum Gasteiger partial charge on any atom is 0.225 e. The van der Waals surface area contributed by atoms with E-state index in [4.69, 9.17) is 4.74 Å². The number of anilines is 1. The minimum absolute atomic E-state index is 0.330. The van der Waals surface area contributed by atoms with Gasteiger partial charge in [0.1, 0.15) is 5.82 Å². The van der Waals surface area contributed by atoms with Gasteiger partial charge in [-0.2, -0.15) is 0 Å². The van der Waals surface area contributed by atoms with E-state index in [1.807, 2.05) is 36.8 Å². The fourth-order valence-electron chi connectivity index (χ4n) is 3.08. The second kappa shape index (κ2) is 7.40. The molecule has 1 aliphatic heterocycles. The average Bonchev–Trinajstić information content (AvgIpc) is 3.02. The Balaban J connectivity index is 1.45. The highest BCUT2D eigenvalue weighted by Gasteiger charge is 2.24. The summed E-state index contributed by atoms with van der Waals surface area (Å²) in [4.78, 5) is 19.5. The average molecular weight is 336 g/mol. The maximum atomic E-state index is 5.95. The Morgan fingerprint density at radius 2 is 1.96 bits per heavy atom. The van der Waals surface area contributed by atoms with Gasteiger partial charge in [0.25, 0.3) is 0 Å². The van der Waals surface area contributed by atoms with E-state index in [0.29, 0.717) is 25.7 Å². The van der Waals surface area contributed by atoms with Crippen molar-refractivity contribution in [3.05, 3.63) is 66.8 Å². The number of hydrogen-bond acceptors (Lipinski definition) is 6. The van der Waals surface area contributed by atoms with E-state index in [-0.39, 0.29) is 0 Å². The van der Waals surface area contributed by atoms with Gasteiger partial charge in [0.15, 0.2) is 0 Å². The van der Waals surface area contributed by atoms with Crippen LogP contribution in [-0.2, 0) is 24.4 Å². The molecule has 0 bridgehead atoms. The molecule has 7 heteroatoms. The van der Waals surface area contributed by atoms with Crippen LogP contribution in [0, 0.1) is 5.92 Å². The number of nitrogens with zero attached hydrogens (tertiary/aromatic N) is 6. The highest BCUT2D eigenvalue weighted by atomic mass is 16.5. The monoisotopic (exact) mass is 336 g/mol. The molecule has 128 valence electrons. The highest BCUT2D eigenvalue weighted by Crippen LogP contribution is 2.19. The molecule has 0 spiro atoms. The van der Waals surface area contributed by atoms with Crippen LogP contribution < -0.4 is 4.90 Å². The summed E-state index contributed by atoms with van der Waals surface area (Å²) in [5.74, 6) is 2.09. The van der Waals surface area contributed by atoms with Gasteiger partial charge in [-0.3, -0.25) is 4.98 Å². The maximum absolute atomic E-state index is 5.95. The molecule has 1 aliphatic rings. The number of pyridine rings is 1. The Bertz CT molecular complexity index is 792. The number of imidazole rings is 1. The van der Waals surface area contributed by atoms with E-state index in [1.165, 1.54) is 0 Å². The predicted octanol–water partition coefficient (Wildman–Crippen LogP) is 1.92. The lowest BCUT2D eigenvalue weighted by Gasteiger charge is -2.23. The van der Waals surface area contributed by atoms with Gasteiger partial charge in [-0.15, -0.1) is 0 Å². The third-order valence-corrected chi connectivity index (χ3v) is 4.25. The Morgan fingerprint density at radius 3 is 2.80 bits per heavy atom. The summed E-state index contributed by atoms with van der Waals surface area (Å²) in [5.41, 5.74) is 1.09. The van der Waals surface area contributed by atoms with Gasteiger partial charge in [0.05, 0.1) is 19.8 Å². The Hall–Kier alpha value is -2.80. The SMILES string of the molecule is c1cnc(N2Cc3nccn3CC(COCc3cccnc3)C2)nc1. The van der Waals surface area contributed by atoms with Crippen LogP contribution in [0.1, 0.15) is 11.4 Å². The van der Waals surface area contributed by atoms with E-state index in [1.54, 1.807) is 18.6 Å². The fourth-order valence-corrected chi connectivity index (χ4v) is 3.08. The van der Waals surface area contributed by atoms with Gasteiger partial charge in [-0.05, 0) is 17.7 Å². The van der Waals surface area contributed by atoms with Crippen LogP contribution in [-0.4, -0.2) is 37.7 Å². The van der Waals surface area contributed by atoms with Crippen molar-refractivity contribution >= 4 is 5.95 Å². The zero-order chi connectivity index (χ0) is 16.9. The van der Waals surface area contributed by atoms with E-state index >= 15 is 0 Å². The topological polar surface area (TPSA) is 69.0 Å². The summed E-state index contributed by atoms with van der Waals surface area (Å²) < 4.78 is 8.14. The fraction of sp³-hybridized carbons (Fsp3) is 0.333. The van der Waals surface area contributed by atoms with Crippen molar-refractivity contribution in [3.8, 4) is 0 Å². The van der Waals surface area contributed by atoms with Crippen molar-refractivity contribution in [2.45, 2.75) is 19.7 Å². The predicted molar refractivity (Wildman–Crippen MR) is 92.7 cm³/mol. The van der Waals surface area contributed by atoms with Crippen LogP contribution in [0.5, 0.6) is 0 Å². The summed E-state index contributed by atoms with van der Waals surface area (Å²) in [6.07, 6.45) is 11.0. The summed E-state index contributed by atoms with van der Waals surface area (Å²) in [7, 11) is 0. The van der Waals surface area contributed by atoms with Gasteiger partial charge >= 0.3 is 0 Å². The van der Waals surface area contributed by atoms with Crippen LogP contribution in [0.4, 0.5) is 5.95 Å². The second-order valence-corrected chi connectivity index (χ2v) is 6.17. The quantitative estimate of drug-likeness (QED) is 0.709. The first-order valence-electron chi connectivity index (χ1n) is 8.37. The summed E-state index contributed by atoms with van der Waals surface area (Å²) in [6, 6.07) is 5.78. The Morgan fingerprint density at radius 1 is 1.04 bits per heavy atom. The zero-order valence-corrected chi connectivity index (χ0v) is 13.9. The van der Waals surface area contributed by atoms with Gasteiger partial charge in [0, 0.05) is 56.2 Å². The van der Waals surface area contributed by atoms with E-state index in [2.05, 4.69) is 29.4 Å². The van der Waals surface area contributed by atoms with Gasteiger partial charge in [-0.25, -0.2) is 15.0 Å². The molecule has 1 atom stereocenters. The molecule has 0 saturated carbocycles. The minimum atomic E-state index is 0.330. The van der Waals surface area contributed by atoms with Gasteiger partial charge in [0.2, 0.25) is 5.95 Å². The molecule has 7 nitrogen and oxygen atoms in total. The highest BCUT2D eigenvalue weighted by molar-refractivity contribution is 5.29. The van der Waals surface area contributed by atoms with Crippen LogP contribution >= 0.6 is 0 Å². The number of hydrogen-bond donors (Lipinski definition) is 0. The first-order chi connectivity index (χ1) is 12.4. The largest absolute Gasteiger partial charge is 0.376 e. The van der Waals surface area contributed by atoms with Crippen LogP contribution in [0.25, 0.3) is 0 Å². The lowest BCUT2D eigenvalue weighted by Crippen LogP contribution is -2.31. The van der Waals surface area contributed by atoms with Crippen molar-refractivity contribution in [3.63, 3.8) is 0 Å². The molecule has 1 unspecified atom stereocenters. The normalized spacial score (nSPS) is 17.1. The smallest absolute Gasteiger partial charge is 0.225 e. The van der Waals surface area contributed by atoms with Crippen molar-refractivity contribution in [2.75, 3.05) is 18.1 Å². The first kappa shape index (κ1) is 15.7. The van der Waals surface area contributed by atoms with E-state index in [9.17, 15) is 0 Å².